The number of carbonyl (C=O) groups excluding carboxylic acids is 1. The summed E-state index contributed by atoms with van der Waals surface area (Å²) in [7, 11) is 0. The van der Waals surface area contributed by atoms with Crippen LogP contribution in [0.5, 0.6) is 0 Å². The van der Waals surface area contributed by atoms with Crippen LogP contribution in [0.15, 0.2) is 24.5 Å². The van der Waals surface area contributed by atoms with Crippen LogP contribution in [-0.4, -0.2) is 42.0 Å². The lowest BCUT2D eigenvalue weighted by Gasteiger charge is -2.35. The zero-order valence-electron chi connectivity index (χ0n) is 14.0. The first-order chi connectivity index (χ1) is 11.8. The number of aliphatic hydroxyl groups excluding tert-OH is 1. The van der Waals surface area contributed by atoms with Gasteiger partial charge in [-0.2, -0.15) is 0 Å². The largest absolute Gasteiger partial charge is 0.394 e. The number of hydrogen-bond donors (Lipinski definition) is 3. The van der Waals surface area contributed by atoms with E-state index in [1.807, 2.05) is 12.1 Å². The van der Waals surface area contributed by atoms with Crippen LogP contribution in [0, 0.1) is 11.8 Å². The van der Waals surface area contributed by atoms with Crippen molar-refractivity contribution in [2.45, 2.75) is 44.2 Å². The number of nitrogens with zero attached hydrogens (tertiary/aromatic N) is 1. The molecule has 1 aromatic rings. The number of hydrogen-bond acceptors (Lipinski definition) is 4. The number of rotatable bonds is 7. The average Bonchev–Trinajstić information content (AvgIpc) is 3.06. The number of urea groups is 1. The van der Waals surface area contributed by atoms with Gasteiger partial charge >= 0.3 is 6.03 Å². The second kappa shape index (κ2) is 8.44. The van der Waals surface area contributed by atoms with Gasteiger partial charge in [-0.05, 0) is 55.2 Å². The van der Waals surface area contributed by atoms with Gasteiger partial charge < -0.3 is 20.5 Å². The monoisotopic (exact) mass is 333 g/mol. The van der Waals surface area contributed by atoms with Gasteiger partial charge in [-0.1, -0.05) is 6.42 Å². The van der Waals surface area contributed by atoms with Crippen LogP contribution in [0.3, 0.4) is 0 Å². The van der Waals surface area contributed by atoms with Gasteiger partial charge in [-0.3, -0.25) is 4.98 Å². The molecular formula is C18H27N3O3. The van der Waals surface area contributed by atoms with Crippen LogP contribution in [0.1, 0.15) is 43.7 Å². The van der Waals surface area contributed by atoms with Gasteiger partial charge in [0.1, 0.15) is 0 Å². The molecule has 1 saturated heterocycles. The minimum atomic E-state index is -0.226. The third kappa shape index (κ3) is 4.45. The van der Waals surface area contributed by atoms with Crippen molar-refractivity contribution >= 4 is 6.03 Å². The molecule has 1 aliphatic carbocycles. The summed E-state index contributed by atoms with van der Waals surface area (Å²) < 4.78 is 5.37. The summed E-state index contributed by atoms with van der Waals surface area (Å²) in [5.74, 6) is 0.902. The van der Waals surface area contributed by atoms with E-state index < -0.39 is 0 Å². The zero-order valence-corrected chi connectivity index (χ0v) is 14.0. The Bertz CT molecular complexity index is 516. The molecule has 1 aliphatic heterocycles. The van der Waals surface area contributed by atoms with Crippen molar-refractivity contribution in [2.75, 3.05) is 19.8 Å². The summed E-state index contributed by atoms with van der Waals surface area (Å²) in [4.78, 5) is 16.5. The number of pyridine rings is 1. The van der Waals surface area contributed by atoms with Crippen LogP contribution in [0.25, 0.3) is 0 Å². The minimum Gasteiger partial charge on any atom is -0.394 e. The normalized spacial score (nSPS) is 23.3. The number of carbonyl (C=O) groups is 1. The van der Waals surface area contributed by atoms with E-state index in [0.717, 1.165) is 44.5 Å². The number of aliphatic hydroxyl groups is 1. The summed E-state index contributed by atoms with van der Waals surface area (Å²) >= 11 is 0. The van der Waals surface area contributed by atoms with Gasteiger partial charge in [0.05, 0.1) is 18.7 Å². The number of nitrogens with one attached hydrogen (secondary N) is 2. The Labute approximate surface area is 143 Å². The summed E-state index contributed by atoms with van der Waals surface area (Å²) in [5, 5.41) is 15.6. The molecule has 24 heavy (non-hydrogen) atoms. The van der Waals surface area contributed by atoms with Gasteiger partial charge in [0, 0.05) is 25.6 Å². The van der Waals surface area contributed by atoms with Crippen molar-refractivity contribution in [3.05, 3.63) is 30.1 Å². The molecule has 2 amide bonds. The first kappa shape index (κ1) is 17.2. The standard InChI is InChI=1S/C18H27N3O3/c22-11-16(10-13-6-9-24-12-13)20-18(23)21-17(14-2-1-3-14)15-4-7-19-8-5-15/h4-5,7-8,13-14,16-17,22H,1-3,6,9-12H2,(H2,20,21,23). The summed E-state index contributed by atoms with van der Waals surface area (Å²) in [6, 6.07) is 3.50. The highest BCUT2D eigenvalue weighted by Gasteiger charge is 2.30. The van der Waals surface area contributed by atoms with E-state index in [-0.39, 0.29) is 24.7 Å². The lowest BCUT2D eigenvalue weighted by Crippen LogP contribution is -2.47. The van der Waals surface area contributed by atoms with E-state index in [9.17, 15) is 9.90 Å². The van der Waals surface area contributed by atoms with Crippen LogP contribution in [0.4, 0.5) is 4.79 Å². The molecule has 6 heteroatoms. The Morgan fingerprint density at radius 1 is 1.29 bits per heavy atom. The van der Waals surface area contributed by atoms with Crippen LogP contribution < -0.4 is 10.6 Å². The van der Waals surface area contributed by atoms with E-state index in [1.165, 1.54) is 6.42 Å². The van der Waals surface area contributed by atoms with Crippen molar-refractivity contribution in [3.8, 4) is 0 Å². The lowest BCUT2D eigenvalue weighted by atomic mass is 9.77. The Morgan fingerprint density at radius 2 is 2.08 bits per heavy atom. The first-order valence-corrected chi connectivity index (χ1v) is 8.92. The van der Waals surface area contributed by atoms with Gasteiger partial charge in [0.25, 0.3) is 0 Å². The fraction of sp³-hybridized carbons (Fsp3) is 0.667. The first-order valence-electron chi connectivity index (χ1n) is 8.92. The van der Waals surface area contributed by atoms with E-state index in [2.05, 4.69) is 15.6 Å². The van der Waals surface area contributed by atoms with Crippen LogP contribution in [-0.2, 0) is 4.74 Å². The molecule has 2 heterocycles. The number of ether oxygens (including phenoxy) is 1. The molecular weight excluding hydrogens is 306 g/mol. The maximum atomic E-state index is 12.4. The van der Waals surface area contributed by atoms with E-state index in [4.69, 9.17) is 4.74 Å². The van der Waals surface area contributed by atoms with E-state index in [0.29, 0.717) is 11.8 Å². The van der Waals surface area contributed by atoms with Crippen LogP contribution >= 0.6 is 0 Å². The second-order valence-corrected chi connectivity index (χ2v) is 6.91. The SMILES string of the molecule is O=C(NC(CO)CC1CCOC1)NC(c1ccncc1)C1CCC1. The molecule has 3 N–H and O–H groups in total. The molecule has 3 atom stereocenters. The maximum absolute atomic E-state index is 12.4. The Hall–Kier alpha value is -1.66. The highest BCUT2D eigenvalue weighted by atomic mass is 16.5. The third-order valence-corrected chi connectivity index (χ3v) is 5.17. The molecule has 2 fully saturated rings. The fourth-order valence-electron chi connectivity index (χ4n) is 3.54. The quantitative estimate of drug-likeness (QED) is 0.713. The predicted molar refractivity (Wildman–Crippen MR) is 90.4 cm³/mol. The summed E-state index contributed by atoms with van der Waals surface area (Å²) in [6.45, 7) is 1.45. The number of amides is 2. The fourth-order valence-corrected chi connectivity index (χ4v) is 3.54. The molecule has 0 spiro atoms. The van der Waals surface area contributed by atoms with Gasteiger partial charge in [-0.15, -0.1) is 0 Å². The van der Waals surface area contributed by atoms with Crippen molar-refractivity contribution in [2.24, 2.45) is 11.8 Å². The number of aromatic nitrogens is 1. The molecule has 3 rings (SSSR count). The maximum Gasteiger partial charge on any atom is 0.315 e. The Morgan fingerprint density at radius 3 is 2.67 bits per heavy atom. The topological polar surface area (TPSA) is 83.5 Å². The molecule has 0 bridgehead atoms. The molecule has 2 aliphatic rings. The molecule has 1 aromatic heterocycles. The van der Waals surface area contributed by atoms with Crippen molar-refractivity contribution in [3.63, 3.8) is 0 Å². The smallest absolute Gasteiger partial charge is 0.315 e. The van der Waals surface area contributed by atoms with E-state index in [1.54, 1.807) is 12.4 Å². The van der Waals surface area contributed by atoms with Gasteiger partial charge in [-0.25, -0.2) is 4.79 Å². The lowest BCUT2D eigenvalue weighted by molar-refractivity contribution is 0.169. The highest BCUT2D eigenvalue weighted by Crippen LogP contribution is 2.37. The molecule has 132 valence electrons. The van der Waals surface area contributed by atoms with Gasteiger partial charge in [0.2, 0.25) is 0 Å². The molecule has 6 nitrogen and oxygen atoms in total. The molecule has 3 unspecified atom stereocenters. The Kier molecular flexibility index (Phi) is 6.04. The predicted octanol–water partition coefficient (Wildman–Crippen LogP) is 2.01. The van der Waals surface area contributed by atoms with Crippen molar-refractivity contribution < 1.29 is 14.6 Å². The van der Waals surface area contributed by atoms with Gasteiger partial charge in [0.15, 0.2) is 0 Å². The average molecular weight is 333 g/mol. The van der Waals surface area contributed by atoms with Crippen LogP contribution in [0.2, 0.25) is 0 Å². The second-order valence-electron chi connectivity index (χ2n) is 6.91. The van der Waals surface area contributed by atoms with Crippen molar-refractivity contribution in [1.29, 1.82) is 0 Å². The summed E-state index contributed by atoms with van der Waals surface area (Å²) in [5.41, 5.74) is 1.09. The third-order valence-electron chi connectivity index (χ3n) is 5.17. The summed E-state index contributed by atoms with van der Waals surface area (Å²) in [6.07, 6.45) is 8.77. The Balaban J connectivity index is 1.56. The minimum absolute atomic E-state index is 0.0101. The van der Waals surface area contributed by atoms with E-state index >= 15 is 0 Å². The molecule has 0 aromatic carbocycles. The zero-order chi connectivity index (χ0) is 16.8. The molecule has 0 radical (unpaired) electrons. The van der Waals surface area contributed by atoms with Crippen molar-refractivity contribution in [1.82, 2.24) is 15.6 Å². The highest BCUT2D eigenvalue weighted by molar-refractivity contribution is 5.74. The molecule has 1 saturated carbocycles.